The van der Waals surface area contributed by atoms with Crippen molar-refractivity contribution in [2.45, 2.75) is 36.0 Å². The molecule has 0 saturated carbocycles. The molecule has 8 nitrogen and oxygen atoms in total. The Kier molecular flexibility index (Phi) is 8.58. The van der Waals surface area contributed by atoms with Gasteiger partial charge in [-0.3, -0.25) is 4.79 Å². The van der Waals surface area contributed by atoms with Crippen LogP contribution in [-0.2, 0) is 19.6 Å². The normalized spacial score (nSPS) is 22.4. The summed E-state index contributed by atoms with van der Waals surface area (Å²) in [5.74, 6) is -0.145. The number of benzene rings is 1. The topological polar surface area (TPSA) is 108 Å². The van der Waals surface area contributed by atoms with Crippen molar-refractivity contribution in [2.24, 2.45) is 0 Å². The number of nitrogens with one attached hydrogen (secondary N) is 2. The van der Waals surface area contributed by atoms with Crippen LogP contribution in [0.4, 0.5) is 0 Å². The molecule has 1 aromatic rings. The van der Waals surface area contributed by atoms with Gasteiger partial charge in [0.2, 0.25) is 15.9 Å². The largest absolute Gasteiger partial charge is 0.394 e. The van der Waals surface area contributed by atoms with E-state index in [0.29, 0.717) is 6.54 Å². The van der Waals surface area contributed by atoms with Crippen molar-refractivity contribution < 1.29 is 23.1 Å². The maximum absolute atomic E-state index is 12.5. The molecule has 3 atom stereocenters. The standard InChI is InChI=1S/C19H29N3O5S/c1-22(2)12-6-11-20-19(24)13-15-9-10-17(18(14-23)27-15)21-28(25,26)16-7-4-3-5-8-16/h3-5,7-10,15,17-18,21,23H,6,11-14H2,1-2H3,(H,20,24)/t15-,17-,18-/m1/s1. The van der Waals surface area contributed by atoms with Crippen molar-refractivity contribution in [1.29, 1.82) is 0 Å². The van der Waals surface area contributed by atoms with Crippen LogP contribution >= 0.6 is 0 Å². The van der Waals surface area contributed by atoms with E-state index in [2.05, 4.69) is 10.0 Å². The molecule has 0 radical (unpaired) electrons. The number of hydrogen-bond acceptors (Lipinski definition) is 6. The van der Waals surface area contributed by atoms with Crippen molar-refractivity contribution in [2.75, 3.05) is 33.8 Å². The first-order valence-corrected chi connectivity index (χ1v) is 10.7. The molecule has 0 aromatic heterocycles. The van der Waals surface area contributed by atoms with Crippen LogP contribution in [0, 0.1) is 0 Å². The predicted molar refractivity (Wildman–Crippen MR) is 106 cm³/mol. The van der Waals surface area contributed by atoms with Crippen LogP contribution in [0.1, 0.15) is 12.8 Å². The lowest BCUT2D eigenvalue weighted by Gasteiger charge is -2.31. The number of sulfonamides is 1. The lowest BCUT2D eigenvalue weighted by atomic mass is 10.1. The lowest BCUT2D eigenvalue weighted by molar-refractivity contribution is -0.125. The van der Waals surface area contributed by atoms with Gasteiger partial charge in [0.1, 0.15) is 6.10 Å². The maximum Gasteiger partial charge on any atom is 0.241 e. The van der Waals surface area contributed by atoms with Crippen LogP contribution in [-0.4, -0.2) is 76.4 Å². The Hall–Kier alpha value is -1.78. The van der Waals surface area contributed by atoms with Crippen LogP contribution in [0.15, 0.2) is 47.4 Å². The molecule has 1 heterocycles. The smallest absolute Gasteiger partial charge is 0.241 e. The second kappa shape index (κ2) is 10.7. The third kappa shape index (κ3) is 6.99. The van der Waals surface area contributed by atoms with Gasteiger partial charge in [-0.25, -0.2) is 13.1 Å². The first kappa shape index (κ1) is 22.5. The van der Waals surface area contributed by atoms with Crippen molar-refractivity contribution in [3.8, 4) is 0 Å². The van der Waals surface area contributed by atoms with Gasteiger partial charge in [-0.2, -0.15) is 0 Å². The van der Waals surface area contributed by atoms with Crippen LogP contribution in [0.25, 0.3) is 0 Å². The number of carbonyl (C=O) groups excluding carboxylic acids is 1. The highest BCUT2D eigenvalue weighted by atomic mass is 32.2. The van der Waals surface area contributed by atoms with Gasteiger partial charge in [-0.15, -0.1) is 0 Å². The molecule has 0 saturated heterocycles. The van der Waals surface area contributed by atoms with Gasteiger partial charge < -0.3 is 20.1 Å². The van der Waals surface area contributed by atoms with E-state index < -0.39 is 28.3 Å². The van der Waals surface area contributed by atoms with E-state index in [4.69, 9.17) is 4.74 Å². The van der Waals surface area contributed by atoms with E-state index in [9.17, 15) is 18.3 Å². The summed E-state index contributed by atoms with van der Waals surface area (Å²) >= 11 is 0. The Labute approximate surface area is 166 Å². The number of hydrogen-bond donors (Lipinski definition) is 3. The average molecular weight is 412 g/mol. The van der Waals surface area contributed by atoms with Gasteiger partial charge in [0.15, 0.2) is 0 Å². The molecule has 0 fully saturated rings. The van der Waals surface area contributed by atoms with Crippen molar-refractivity contribution in [1.82, 2.24) is 14.9 Å². The van der Waals surface area contributed by atoms with E-state index in [1.807, 2.05) is 19.0 Å². The third-order valence-corrected chi connectivity index (χ3v) is 5.77. The molecule has 0 spiro atoms. The SMILES string of the molecule is CN(C)CCCNC(=O)C[C@H]1C=C[C@@H](NS(=O)(=O)c2ccccc2)[C@@H](CO)O1. The number of aliphatic hydroxyl groups is 1. The van der Waals surface area contributed by atoms with Gasteiger partial charge >= 0.3 is 0 Å². The number of ether oxygens (including phenoxy) is 1. The van der Waals surface area contributed by atoms with Crippen LogP contribution < -0.4 is 10.0 Å². The molecule has 1 aliphatic heterocycles. The first-order chi connectivity index (χ1) is 13.3. The number of nitrogens with zero attached hydrogens (tertiary/aromatic N) is 1. The van der Waals surface area contributed by atoms with E-state index in [1.54, 1.807) is 30.4 Å². The Morgan fingerprint density at radius 2 is 1.93 bits per heavy atom. The van der Waals surface area contributed by atoms with Crippen LogP contribution in [0.3, 0.4) is 0 Å². The zero-order chi connectivity index (χ0) is 20.6. The summed E-state index contributed by atoms with van der Waals surface area (Å²) < 4.78 is 33.2. The fraction of sp³-hybridized carbons (Fsp3) is 0.526. The fourth-order valence-corrected chi connectivity index (χ4v) is 4.08. The molecular formula is C19H29N3O5S. The minimum absolute atomic E-state index is 0.118. The quantitative estimate of drug-likeness (QED) is 0.373. The van der Waals surface area contributed by atoms with Crippen molar-refractivity contribution >= 4 is 15.9 Å². The molecule has 0 bridgehead atoms. The third-order valence-electron chi connectivity index (χ3n) is 4.30. The minimum Gasteiger partial charge on any atom is -0.394 e. The first-order valence-electron chi connectivity index (χ1n) is 9.25. The summed E-state index contributed by atoms with van der Waals surface area (Å²) in [6, 6.07) is 7.28. The summed E-state index contributed by atoms with van der Waals surface area (Å²) in [7, 11) is 0.203. The Bertz CT molecular complexity index is 752. The minimum atomic E-state index is -3.74. The number of amides is 1. The Morgan fingerprint density at radius 3 is 2.57 bits per heavy atom. The second-order valence-electron chi connectivity index (χ2n) is 6.95. The monoisotopic (exact) mass is 411 g/mol. The molecule has 0 aliphatic carbocycles. The van der Waals surface area contributed by atoms with E-state index in [1.165, 1.54) is 12.1 Å². The summed E-state index contributed by atoms with van der Waals surface area (Å²) in [6.07, 6.45) is 2.98. The van der Waals surface area contributed by atoms with Gasteiger partial charge in [0, 0.05) is 6.54 Å². The van der Waals surface area contributed by atoms with E-state index in [0.717, 1.165) is 13.0 Å². The van der Waals surface area contributed by atoms with Crippen LogP contribution in [0.5, 0.6) is 0 Å². The zero-order valence-corrected chi connectivity index (χ0v) is 17.1. The summed E-state index contributed by atoms with van der Waals surface area (Å²) in [4.78, 5) is 14.2. The highest BCUT2D eigenvalue weighted by Gasteiger charge is 2.31. The number of rotatable bonds is 10. The average Bonchev–Trinajstić information content (AvgIpc) is 2.67. The summed E-state index contributed by atoms with van der Waals surface area (Å²) in [6.45, 7) is 1.10. The lowest BCUT2D eigenvalue weighted by Crippen LogP contribution is -2.49. The highest BCUT2D eigenvalue weighted by Crippen LogP contribution is 2.18. The van der Waals surface area contributed by atoms with Gasteiger partial charge in [-0.1, -0.05) is 30.4 Å². The van der Waals surface area contributed by atoms with Gasteiger partial charge in [0.25, 0.3) is 0 Å². The molecule has 3 N–H and O–H groups in total. The van der Waals surface area contributed by atoms with Gasteiger partial charge in [0.05, 0.1) is 30.1 Å². The van der Waals surface area contributed by atoms with Crippen molar-refractivity contribution in [3.05, 3.63) is 42.5 Å². The molecule has 1 aromatic carbocycles. The maximum atomic E-state index is 12.5. The number of aliphatic hydroxyl groups excluding tert-OH is 1. The molecular weight excluding hydrogens is 382 g/mol. The van der Waals surface area contributed by atoms with Crippen molar-refractivity contribution in [3.63, 3.8) is 0 Å². The molecule has 1 aliphatic rings. The fourth-order valence-electron chi connectivity index (χ4n) is 2.83. The summed E-state index contributed by atoms with van der Waals surface area (Å²) in [5, 5.41) is 12.4. The molecule has 1 amide bonds. The van der Waals surface area contributed by atoms with Gasteiger partial charge in [-0.05, 0) is 39.2 Å². The zero-order valence-electron chi connectivity index (χ0n) is 16.2. The highest BCUT2D eigenvalue weighted by molar-refractivity contribution is 7.89. The number of carbonyl (C=O) groups is 1. The molecule has 28 heavy (non-hydrogen) atoms. The molecule has 9 heteroatoms. The Balaban J connectivity index is 1.90. The van der Waals surface area contributed by atoms with E-state index >= 15 is 0 Å². The summed E-state index contributed by atoms with van der Waals surface area (Å²) in [5.41, 5.74) is 0. The van der Waals surface area contributed by atoms with Crippen LogP contribution in [0.2, 0.25) is 0 Å². The second-order valence-corrected chi connectivity index (χ2v) is 8.67. The van der Waals surface area contributed by atoms with E-state index in [-0.39, 0.29) is 23.8 Å². The molecule has 156 valence electrons. The Morgan fingerprint density at radius 1 is 1.21 bits per heavy atom. The predicted octanol–water partition coefficient (Wildman–Crippen LogP) is 0.107. The molecule has 0 unspecified atom stereocenters. The molecule has 2 rings (SSSR count).